The molecule has 70 valence electrons. The molecule has 1 heterocycles. The molecule has 0 atom stereocenters. The standard InChI is InChI=1S/C8H16N2OS/c9-3-6-12-7-5-10-4-1-2-8(10)11/h1-7,9H2. The highest BCUT2D eigenvalue weighted by atomic mass is 32.2. The molecule has 4 heteroatoms. The smallest absolute Gasteiger partial charge is 0.222 e. The largest absolute Gasteiger partial charge is 0.342 e. The first kappa shape index (κ1) is 9.86. The minimum absolute atomic E-state index is 0.323. The SMILES string of the molecule is NCCSCCN1CCCC1=O. The number of rotatable bonds is 5. The second-order valence-corrected chi connectivity index (χ2v) is 4.11. The van der Waals surface area contributed by atoms with Crippen molar-refractivity contribution in [2.24, 2.45) is 5.73 Å². The van der Waals surface area contributed by atoms with Crippen LogP contribution >= 0.6 is 11.8 Å². The van der Waals surface area contributed by atoms with Gasteiger partial charge in [-0.05, 0) is 6.42 Å². The average Bonchev–Trinajstić information content (AvgIpc) is 2.46. The van der Waals surface area contributed by atoms with Crippen LogP contribution in [0, 0.1) is 0 Å². The first-order valence-electron chi connectivity index (χ1n) is 4.40. The third kappa shape index (κ3) is 3.03. The maximum atomic E-state index is 11.1. The molecule has 0 spiro atoms. The van der Waals surface area contributed by atoms with Gasteiger partial charge < -0.3 is 10.6 Å². The summed E-state index contributed by atoms with van der Waals surface area (Å²) in [5, 5.41) is 0. The molecule has 12 heavy (non-hydrogen) atoms. The first-order chi connectivity index (χ1) is 5.84. The van der Waals surface area contributed by atoms with E-state index in [1.54, 1.807) is 0 Å². The Hall–Kier alpha value is -0.220. The average molecular weight is 188 g/mol. The van der Waals surface area contributed by atoms with Crippen molar-refractivity contribution in [1.29, 1.82) is 0 Å². The summed E-state index contributed by atoms with van der Waals surface area (Å²) < 4.78 is 0. The minimum Gasteiger partial charge on any atom is -0.342 e. The molecule has 1 rings (SSSR count). The summed E-state index contributed by atoms with van der Waals surface area (Å²) in [4.78, 5) is 13.1. The van der Waals surface area contributed by atoms with Crippen LogP contribution in [-0.4, -0.2) is 41.9 Å². The topological polar surface area (TPSA) is 46.3 Å². The van der Waals surface area contributed by atoms with Crippen LogP contribution in [0.25, 0.3) is 0 Å². The van der Waals surface area contributed by atoms with Crippen LogP contribution in [0.5, 0.6) is 0 Å². The Labute approximate surface area is 77.7 Å². The van der Waals surface area contributed by atoms with E-state index < -0.39 is 0 Å². The number of nitrogens with two attached hydrogens (primary N) is 1. The summed E-state index contributed by atoms with van der Waals surface area (Å²) in [7, 11) is 0. The molecule has 0 aromatic rings. The van der Waals surface area contributed by atoms with Gasteiger partial charge in [0.2, 0.25) is 5.91 Å². The van der Waals surface area contributed by atoms with Crippen molar-refractivity contribution in [3.8, 4) is 0 Å². The molecule has 2 N–H and O–H groups in total. The van der Waals surface area contributed by atoms with Crippen molar-refractivity contribution in [1.82, 2.24) is 4.90 Å². The van der Waals surface area contributed by atoms with E-state index in [2.05, 4.69) is 0 Å². The fourth-order valence-corrected chi connectivity index (χ4v) is 2.02. The quantitative estimate of drug-likeness (QED) is 0.631. The molecule has 3 nitrogen and oxygen atoms in total. The number of amides is 1. The number of hydrogen-bond donors (Lipinski definition) is 1. The van der Waals surface area contributed by atoms with E-state index in [0.717, 1.165) is 44.0 Å². The summed E-state index contributed by atoms with van der Waals surface area (Å²) in [6.45, 7) is 2.60. The molecule has 0 bridgehead atoms. The Morgan fingerprint density at radius 2 is 2.33 bits per heavy atom. The van der Waals surface area contributed by atoms with Crippen LogP contribution in [0.2, 0.25) is 0 Å². The van der Waals surface area contributed by atoms with Crippen LogP contribution < -0.4 is 5.73 Å². The zero-order valence-corrected chi connectivity index (χ0v) is 8.11. The van der Waals surface area contributed by atoms with E-state index in [-0.39, 0.29) is 0 Å². The molecule has 1 saturated heterocycles. The van der Waals surface area contributed by atoms with E-state index in [1.165, 1.54) is 0 Å². The monoisotopic (exact) mass is 188 g/mol. The number of carbonyl (C=O) groups is 1. The fourth-order valence-electron chi connectivity index (χ4n) is 1.30. The van der Waals surface area contributed by atoms with Crippen LogP contribution in [0.15, 0.2) is 0 Å². The minimum atomic E-state index is 0.323. The molecular formula is C8H16N2OS. The number of thioether (sulfide) groups is 1. The molecule has 0 unspecified atom stereocenters. The fraction of sp³-hybridized carbons (Fsp3) is 0.875. The number of likely N-dealkylation sites (tertiary alicyclic amines) is 1. The van der Waals surface area contributed by atoms with Crippen LogP contribution in [0.4, 0.5) is 0 Å². The third-order valence-corrected chi connectivity index (χ3v) is 2.93. The highest BCUT2D eigenvalue weighted by molar-refractivity contribution is 7.99. The molecule has 1 aliphatic heterocycles. The van der Waals surface area contributed by atoms with Crippen molar-refractivity contribution in [3.63, 3.8) is 0 Å². The Balaban J connectivity index is 2.02. The normalized spacial score (nSPS) is 17.4. The van der Waals surface area contributed by atoms with Crippen molar-refractivity contribution >= 4 is 17.7 Å². The van der Waals surface area contributed by atoms with Crippen LogP contribution in [0.3, 0.4) is 0 Å². The van der Waals surface area contributed by atoms with E-state index >= 15 is 0 Å². The first-order valence-corrected chi connectivity index (χ1v) is 5.55. The lowest BCUT2D eigenvalue weighted by atomic mass is 10.4. The summed E-state index contributed by atoms with van der Waals surface area (Å²) >= 11 is 1.82. The van der Waals surface area contributed by atoms with Crippen LogP contribution in [0.1, 0.15) is 12.8 Å². The van der Waals surface area contributed by atoms with E-state index in [9.17, 15) is 4.79 Å². The van der Waals surface area contributed by atoms with Gasteiger partial charge in [0.05, 0.1) is 0 Å². The lowest BCUT2D eigenvalue weighted by Gasteiger charge is -2.14. The maximum Gasteiger partial charge on any atom is 0.222 e. The van der Waals surface area contributed by atoms with E-state index in [1.807, 2.05) is 16.7 Å². The highest BCUT2D eigenvalue weighted by Gasteiger charge is 2.18. The van der Waals surface area contributed by atoms with Gasteiger partial charge in [-0.3, -0.25) is 4.79 Å². The van der Waals surface area contributed by atoms with Crippen molar-refractivity contribution in [2.75, 3.05) is 31.1 Å². The molecule has 0 aromatic carbocycles. The van der Waals surface area contributed by atoms with Gasteiger partial charge in [-0.15, -0.1) is 0 Å². The molecule has 0 radical (unpaired) electrons. The zero-order valence-electron chi connectivity index (χ0n) is 7.29. The predicted molar refractivity (Wildman–Crippen MR) is 52.2 cm³/mol. The Kier molecular flexibility index (Phi) is 4.46. The summed E-state index contributed by atoms with van der Waals surface area (Å²) in [6, 6.07) is 0. The van der Waals surface area contributed by atoms with Crippen molar-refractivity contribution in [2.45, 2.75) is 12.8 Å². The summed E-state index contributed by atoms with van der Waals surface area (Å²) in [5.74, 6) is 2.36. The van der Waals surface area contributed by atoms with Gasteiger partial charge in [0, 0.05) is 37.6 Å². The van der Waals surface area contributed by atoms with Gasteiger partial charge in [0.25, 0.3) is 0 Å². The third-order valence-electron chi connectivity index (χ3n) is 1.94. The number of carbonyl (C=O) groups excluding carboxylic acids is 1. The molecule has 1 amide bonds. The molecule has 0 saturated carbocycles. The second kappa shape index (κ2) is 5.43. The predicted octanol–water partition coefficient (Wildman–Crippen LogP) is 0.301. The Morgan fingerprint density at radius 1 is 1.50 bits per heavy atom. The summed E-state index contributed by atoms with van der Waals surface area (Å²) in [5.41, 5.74) is 5.35. The zero-order chi connectivity index (χ0) is 8.81. The summed E-state index contributed by atoms with van der Waals surface area (Å²) in [6.07, 6.45) is 1.79. The van der Waals surface area contributed by atoms with Gasteiger partial charge in [-0.2, -0.15) is 11.8 Å². The maximum absolute atomic E-state index is 11.1. The van der Waals surface area contributed by atoms with Gasteiger partial charge >= 0.3 is 0 Å². The molecule has 0 aromatic heterocycles. The van der Waals surface area contributed by atoms with Crippen LogP contribution in [-0.2, 0) is 4.79 Å². The van der Waals surface area contributed by atoms with E-state index in [0.29, 0.717) is 5.91 Å². The lowest BCUT2D eigenvalue weighted by molar-refractivity contribution is -0.127. The number of hydrogen-bond acceptors (Lipinski definition) is 3. The second-order valence-electron chi connectivity index (χ2n) is 2.89. The van der Waals surface area contributed by atoms with Crippen molar-refractivity contribution in [3.05, 3.63) is 0 Å². The Bertz CT molecular complexity index is 152. The molecular weight excluding hydrogens is 172 g/mol. The molecule has 1 aliphatic rings. The van der Waals surface area contributed by atoms with Gasteiger partial charge in [0.15, 0.2) is 0 Å². The van der Waals surface area contributed by atoms with Gasteiger partial charge in [-0.1, -0.05) is 0 Å². The van der Waals surface area contributed by atoms with Gasteiger partial charge in [-0.25, -0.2) is 0 Å². The molecule has 0 aliphatic carbocycles. The van der Waals surface area contributed by atoms with Gasteiger partial charge in [0.1, 0.15) is 0 Å². The number of nitrogens with zero attached hydrogens (tertiary/aromatic N) is 1. The van der Waals surface area contributed by atoms with E-state index in [4.69, 9.17) is 5.73 Å². The Morgan fingerprint density at radius 3 is 2.92 bits per heavy atom. The highest BCUT2D eigenvalue weighted by Crippen LogP contribution is 2.10. The lowest BCUT2D eigenvalue weighted by Crippen LogP contribution is -2.27. The van der Waals surface area contributed by atoms with Crippen molar-refractivity contribution < 1.29 is 4.79 Å². The molecule has 1 fully saturated rings.